The number of hydrogen-bond donors (Lipinski definition) is 1. The SMILES string of the molecule is Cc1ccc(C)c(CCN(C)C2CNC2)c1. The van der Waals surface area contributed by atoms with E-state index in [1.807, 2.05) is 0 Å². The van der Waals surface area contributed by atoms with Gasteiger partial charge in [0, 0.05) is 25.7 Å². The van der Waals surface area contributed by atoms with Gasteiger partial charge in [-0.15, -0.1) is 0 Å². The maximum Gasteiger partial charge on any atom is 0.0342 e. The summed E-state index contributed by atoms with van der Waals surface area (Å²) in [4.78, 5) is 2.47. The number of nitrogens with zero attached hydrogens (tertiary/aromatic N) is 1. The lowest BCUT2D eigenvalue weighted by Gasteiger charge is -2.35. The highest BCUT2D eigenvalue weighted by molar-refractivity contribution is 5.30. The first-order chi connectivity index (χ1) is 7.66. The van der Waals surface area contributed by atoms with Crippen molar-refractivity contribution in [3.8, 4) is 0 Å². The third-order valence-electron chi connectivity index (χ3n) is 3.62. The molecule has 0 radical (unpaired) electrons. The molecule has 1 aliphatic rings. The van der Waals surface area contributed by atoms with Crippen LogP contribution in [-0.2, 0) is 6.42 Å². The third-order valence-corrected chi connectivity index (χ3v) is 3.62. The molecular weight excluding hydrogens is 196 g/mol. The van der Waals surface area contributed by atoms with Crippen LogP contribution in [0.4, 0.5) is 0 Å². The Morgan fingerprint density at radius 2 is 2.06 bits per heavy atom. The smallest absolute Gasteiger partial charge is 0.0342 e. The summed E-state index contributed by atoms with van der Waals surface area (Å²) < 4.78 is 0. The summed E-state index contributed by atoms with van der Waals surface area (Å²) >= 11 is 0. The van der Waals surface area contributed by atoms with Gasteiger partial charge in [0.15, 0.2) is 0 Å². The Morgan fingerprint density at radius 1 is 1.31 bits per heavy atom. The van der Waals surface area contributed by atoms with E-state index in [-0.39, 0.29) is 0 Å². The molecule has 0 aliphatic carbocycles. The first kappa shape index (κ1) is 11.6. The summed E-state index contributed by atoms with van der Waals surface area (Å²) in [6.07, 6.45) is 1.17. The lowest BCUT2D eigenvalue weighted by Crippen LogP contribution is -2.56. The van der Waals surface area contributed by atoms with E-state index in [1.165, 1.54) is 23.1 Å². The van der Waals surface area contributed by atoms with Gasteiger partial charge in [-0.3, -0.25) is 0 Å². The van der Waals surface area contributed by atoms with Gasteiger partial charge in [-0.05, 0) is 38.4 Å². The Hall–Kier alpha value is -0.860. The van der Waals surface area contributed by atoms with Gasteiger partial charge < -0.3 is 10.2 Å². The summed E-state index contributed by atoms with van der Waals surface area (Å²) in [5.74, 6) is 0. The molecule has 1 saturated heterocycles. The Labute approximate surface area is 98.7 Å². The molecule has 1 heterocycles. The summed E-state index contributed by atoms with van der Waals surface area (Å²) in [7, 11) is 2.23. The zero-order valence-corrected chi connectivity index (χ0v) is 10.6. The van der Waals surface area contributed by atoms with Crippen molar-refractivity contribution in [3.05, 3.63) is 34.9 Å². The van der Waals surface area contributed by atoms with Crippen LogP contribution in [0.2, 0.25) is 0 Å². The van der Waals surface area contributed by atoms with Crippen LogP contribution in [-0.4, -0.2) is 37.6 Å². The van der Waals surface area contributed by atoms with Crippen molar-refractivity contribution in [3.63, 3.8) is 0 Å². The lowest BCUT2D eigenvalue weighted by molar-refractivity contribution is 0.182. The molecule has 16 heavy (non-hydrogen) atoms. The van der Waals surface area contributed by atoms with E-state index in [4.69, 9.17) is 0 Å². The summed E-state index contributed by atoms with van der Waals surface area (Å²) in [5.41, 5.74) is 4.29. The second-order valence-electron chi connectivity index (χ2n) is 4.97. The van der Waals surface area contributed by atoms with Crippen LogP contribution in [0.25, 0.3) is 0 Å². The fraction of sp³-hybridized carbons (Fsp3) is 0.571. The number of likely N-dealkylation sites (N-methyl/N-ethyl adjacent to an activating group) is 1. The van der Waals surface area contributed by atoms with Gasteiger partial charge in [0.2, 0.25) is 0 Å². The van der Waals surface area contributed by atoms with Gasteiger partial charge in [0.1, 0.15) is 0 Å². The molecule has 0 atom stereocenters. The van der Waals surface area contributed by atoms with Crippen molar-refractivity contribution in [1.82, 2.24) is 10.2 Å². The van der Waals surface area contributed by atoms with Gasteiger partial charge in [-0.25, -0.2) is 0 Å². The predicted molar refractivity (Wildman–Crippen MR) is 68.9 cm³/mol. The van der Waals surface area contributed by atoms with Crippen LogP contribution in [0.3, 0.4) is 0 Å². The standard InChI is InChI=1S/C14H22N2/c1-11-4-5-12(2)13(8-11)6-7-16(3)14-9-15-10-14/h4-5,8,14-15H,6-7,9-10H2,1-3H3. The average molecular weight is 218 g/mol. The molecule has 2 rings (SSSR count). The minimum absolute atomic E-state index is 0.755. The first-order valence-corrected chi connectivity index (χ1v) is 6.14. The van der Waals surface area contributed by atoms with Crippen LogP contribution in [0.1, 0.15) is 16.7 Å². The molecule has 0 amide bonds. The zero-order chi connectivity index (χ0) is 11.5. The predicted octanol–water partition coefficient (Wildman–Crippen LogP) is 1.75. The van der Waals surface area contributed by atoms with Crippen molar-refractivity contribution in [1.29, 1.82) is 0 Å². The van der Waals surface area contributed by atoms with Crippen LogP contribution < -0.4 is 5.32 Å². The third kappa shape index (κ3) is 2.63. The van der Waals surface area contributed by atoms with Crippen LogP contribution in [0.5, 0.6) is 0 Å². The molecule has 1 aromatic rings. The van der Waals surface area contributed by atoms with Crippen LogP contribution in [0, 0.1) is 13.8 Å². The number of rotatable bonds is 4. The number of hydrogen-bond acceptors (Lipinski definition) is 2. The molecule has 88 valence electrons. The summed E-state index contributed by atoms with van der Waals surface area (Å²) in [6, 6.07) is 7.50. The van der Waals surface area contributed by atoms with Gasteiger partial charge >= 0.3 is 0 Å². The first-order valence-electron chi connectivity index (χ1n) is 6.14. The molecule has 2 nitrogen and oxygen atoms in total. The average Bonchev–Trinajstić information content (AvgIpc) is 2.17. The minimum Gasteiger partial charge on any atom is -0.314 e. The maximum absolute atomic E-state index is 3.32. The molecule has 0 saturated carbocycles. The van der Waals surface area contributed by atoms with E-state index in [0.29, 0.717) is 0 Å². The second-order valence-corrected chi connectivity index (χ2v) is 4.97. The second kappa shape index (κ2) is 4.98. The Balaban J connectivity index is 1.90. The topological polar surface area (TPSA) is 15.3 Å². The molecular formula is C14H22N2. The maximum atomic E-state index is 3.32. The van der Waals surface area contributed by atoms with Crippen LogP contribution >= 0.6 is 0 Å². The van der Waals surface area contributed by atoms with Crippen molar-refractivity contribution < 1.29 is 0 Å². The Morgan fingerprint density at radius 3 is 2.69 bits per heavy atom. The van der Waals surface area contributed by atoms with E-state index in [0.717, 1.165) is 25.7 Å². The fourth-order valence-corrected chi connectivity index (χ4v) is 2.13. The molecule has 0 spiro atoms. The van der Waals surface area contributed by atoms with Gasteiger partial charge in [0.05, 0.1) is 0 Å². The molecule has 0 bridgehead atoms. The van der Waals surface area contributed by atoms with E-state index in [2.05, 4.69) is 49.3 Å². The molecule has 1 fully saturated rings. The van der Waals surface area contributed by atoms with E-state index in [1.54, 1.807) is 0 Å². The Kier molecular flexibility index (Phi) is 3.62. The zero-order valence-electron chi connectivity index (χ0n) is 10.6. The monoisotopic (exact) mass is 218 g/mol. The van der Waals surface area contributed by atoms with E-state index in [9.17, 15) is 0 Å². The highest BCUT2D eigenvalue weighted by Crippen LogP contribution is 2.12. The van der Waals surface area contributed by atoms with E-state index >= 15 is 0 Å². The molecule has 1 aromatic carbocycles. The largest absolute Gasteiger partial charge is 0.314 e. The van der Waals surface area contributed by atoms with Gasteiger partial charge in [-0.2, -0.15) is 0 Å². The number of benzene rings is 1. The molecule has 1 N–H and O–H groups in total. The van der Waals surface area contributed by atoms with E-state index < -0.39 is 0 Å². The van der Waals surface area contributed by atoms with Crippen molar-refractivity contribution in [2.45, 2.75) is 26.3 Å². The molecule has 0 unspecified atom stereocenters. The quantitative estimate of drug-likeness (QED) is 0.828. The summed E-state index contributed by atoms with van der Waals surface area (Å²) in [5, 5.41) is 3.32. The van der Waals surface area contributed by atoms with Crippen molar-refractivity contribution >= 4 is 0 Å². The van der Waals surface area contributed by atoms with Gasteiger partial charge in [0.25, 0.3) is 0 Å². The van der Waals surface area contributed by atoms with Crippen molar-refractivity contribution in [2.75, 3.05) is 26.7 Å². The van der Waals surface area contributed by atoms with Crippen LogP contribution in [0.15, 0.2) is 18.2 Å². The number of aryl methyl sites for hydroxylation is 2. The normalized spacial score (nSPS) is 16.5. The molecule has 1 aliphatic heterocycles. The van der Waals surface area contributed by atoms with Gasteiger partial charge in [-0.1, -0.05) is 23.8 Å². The minimum atomic E-state index is 0.755. The Bertz CT molecular complexity index is 356. The summed E-state index contributed by atoms with van der Waals surface area (Å²) in [6.45, 7) is 7.85. The highest BCUT2D eigenvalue weighted by atomic mass is 15.2. The highest BCUT2D eigenvalue weighted by Gasteiger charge is 2.20. The number of nitrogens with one attached hydrogen (secondary N) is 1. The van der Waals surface area contributed by atoms with Crippen molar-refractivity contribution in [2.24, 2.45) is 0 Å². The molecule has 0 aromatic heterocycles. The molecule has 2 heteroatoms. The fourth-order valence-electron chi connectivity index (χ4n) is 2.13. The lowest BCUT2D eigenvalue weighted by atomic mass is 10.0.